The molecule has 1 heterocycles. The topological polar surface area (TPSA) is 39.9 Å². The van der Waals surface area contributed by atoms with Gasteiger partial charge in [-0.1, -0.05) is 41.1 Å². The Labute approximate surface area is 115 Å². The highest BCUT2D eigenvalue weighted by Gasteiger charge is 2.12. The van der Waals surface area contributed by atoms with Crippen molar-refractivity contribution in [3.05, 3.63) is 42.0 Å². The number of rotatable bonds is 6. The first-order valence-corrected chi connectivity index (χ1v) is 7.11. The lowest BCUT2D eigenvalue weighted by molar-refractivity contribution is 0.115. The van der Waals surface area contributed by atoms with Gasteiger partial charge in [-0.05, 0) is 18.6 Å². The van der Waals surface area contributed by atoms with Crippen molar-refractivity contribution in [1.29, 1.82) is 0 Å². The number of ether oxygens (including phenoxy) is 1. The molecule has 2 aromatic rings. The highest BCUT2D eigenvalue weighted by atomic mass is 79.9. The Morgan fingerprint density at radius 2 is 1.89 bits per heavy atom. The molecule has 0 radical (unpaired) electrons. The molecule has 0 amide bonds. The molecule has 0 saturated heterocycles. The Bertz CT molecular complexity index is 484. The van der Waals surface area contributed by atoms with Gasteiger partial charge in [0.1, 0.15) is 12.4 Å². The summed E-state index contributed by atoms with van der Waals surface area (Å²) in [5.74, 6) is 1.72. The molecule has 0 fully saturated rings. The first-order valence-electron chi connectivity index (χ1n) is 5.99. The van der Waals surface area contributed by atoms with E-state index in [0.29, 0.717) is 11.9 Å². The number of hydrogen-bond acceptors (Lipinski definition) is 3. The summed E-state index contributed by atoms with van der Waals surface area (Å²) in [4.78, 5) is 0. The second-order valence-electron chi connectivity index (χ2n) is 3.89. The van der Waals surface area contributed by atoms with Crippen LogP contribution in [0.2, 0.25) is 0 Å². The number of nitrogens with zero attached hydrogens (tertiary/aromatic N) is 3. The van der Waals surface area contributed by atoms with E-state index < -0.39 is 0 Å². The van der Waals surface area contributed by atoms with Crippen LogP contribution in [0.25, 0.3) is 5.69 Å². The van der Waals surface area contributed by atoms with E-state index in [1.165, 1.54) is 0 Å². The van der Waals surface area contributed by atoms with E-state index in [1.54, 1.807) is 0 Å². The van der Waals surface area contributed by atoms with Crippen LogP contribution < -0.4 is 0 Å². The van der Waals surface area contributed by atoms with Gasteiger partial charge in [-0.3, -0.25) is 4.57 Å². The monoisotopic (exact) mass is 309 g/mol. The third-order valence-electron chi connectivity index (χ3n) is 2.51. The summed E-state index contributed by atoms with van der Waals surface area (Å²) < 4.78 is 7.58. The number of aromatic nitrogens is 3. The summed E-state index contributed by atoms with van der Waals surface area (Å²) in [5.41, 5.74) is 1.06. The predicted molar refractivity (Wildman–Crippen MR) is 73.9 cm³/mol. The molecule has 0 aliphatic carbocycles. The van der Waals surface area contributed by atoms with Crippen LogP contribution in [0.4, 0.5) is 0 Å². The lowest BCUT2D eigenvalue weighted by Crippen LogP contribution is -2.06. The Morgan fingerprint density at radius 1 is 1.17 bits per heavy atom. The van der Waals surface area contributed by atoms with Crippen LogP contribution in [-0.4, -0.2) is 21.4 Å². The van der Waals surface area contributed by atoms with Crippen molar-refractivity contribution in [3.63, 3.8) is 0 Å². The Balaban J connectivity index is 2.28. The van der Waals surface area contributed by atoms with Crippen LogP contribution in [0.5, 0.6) is 0 Å². The lowest BCUT2D eigenvalue weighted by Gasteiger charge is -2.09. The first kappa shape index (κ1) is 13.2. The molecule has 1 aromatic carbocycles. The molecule has 5 heteroatoms. The Hall–Kier alpha value is -1.20. The molecule has 0 aliphatic rings. The quantitative estimate of drug-likeness (QED) is 0.608. The summed E-state index contributed by atoms with van der Waals surface area (Å²) in [7, 11) is 0. The molecule has 0 unspecified atom stereocenters. The van der Waals surface area contributed by atoms with Gasteiger partial charge in [0.25, 0.3) is 0 Å². The van der Waals surface area contributed by atoms with Gasteiger partial charge in [0, 0.05) is 12.3 Å². The van der Waals surface area contributed by atoms with E-state index in [0.717, 1.165) is 30.4 Å². The highest BCUT2D eigenvalue weighted by molar-refractivity contribution is 9.08. The third kappa shape index (κ3) is 2.97. The maximum absolute atomic E-state index is 5.55. The minimum atomic E-state index is 0.489. The lowest BCUT2D eigenvalue weighted by atomic mass is 10.3. The zero-order chi connectivity index (χ0) is 12.8. The van der Waals surface area contributed by atoms with Gasteiger partial charge in [0.2, 0.25) is 0 Å². The summed E-state index contributed by atoms with van der Waals surface area (Å²) in [6.07, 6.45) is 1.00. The molecule has 18 heavy (non-hydrogen) atoms. The van der Waals surface area contributed by atoms with Gasteiger partial charge in [0.05, 0.1) is 5.33 Å². The normalized spacial score (nSPS) is 10.8. The van der Waals surface area contributed by atoms with Crippen LogP contribution in [-0.2, 0) is 16.7 Å². The van der Waals surface area contributed by atoms with Crippen molar-refractivity contribution in [2.75, 3.05) is 6.61 Å². The minimum Gasteiger partial charge on any atom is -0.373 e. The molecule has 1 aromatic heterocycles. The zero-order valence-corrected chi connectivity index (χ0v) is 11.9. The largest absolute Gasteiger partial charge is 0.373 e. The zero-order valence-electron chi connectivity index (χ0n) is 10.3. The SMILES string of the molecule is CCCOCc1nnc(CBr)n1-c1ccccc1. The Kier molecular flexibility index (Phi) is 4.90. The van der Waals surface area contributed by atoms with Crippen LogP contribution in [0.15, 0.2) is 30.3 Å². The van der Waals surface area contributed by atoms with Crippen LogP contribution in [0, 0.1) is 0 Å². The van der Waals surface area contributed by atoms with Gasteiger partial charge < -0.3 is 4.74 Å². The van der Waals surface area contributed by atoms with Crippen molar-refractivity contribution in [3.8, 4) is 5.69 Å². The number of halogens is 1. The number of benzene rings is 1. The predicted octanol–water partition coefficient (Wildman–Crippen LogP) is 3.09. The molecule has 0 bridgehead atoms. The van der Waals surface area contributed by atoms with Gasteiger partial charge >= 0.3 is 0 Å². The molecular formula is C13H16BrN3O. The average Bonchev–Trinajstić information content (AvgIpc) is 2.83. The van der Waals surface area contributed by atoms with Crippen molar-refractivity contribution >= 4 is 15.9 Å². The molecule has 2 rings (SSSR count). The van der Waals surface area contributed by atoms with Crippen molar-refractivity contribution in [2.24, 2.45) is 0 Å². The maximum atomic E-state index is 5.55. The standard InChI is InChI=1S/C13H16BrN3O/c1-2-8-18-10-13-16-15-12(9-14)17(13)11-6-4-3-5-7-11/h3-7H,2,8-10H2,1H3. The summed E-state index contributed by atoms with van der Waals surface area (Å²) >= 11 is 3.44. The van der Waals surface area contributed by atoms with E-state index in [-0.39, 0.29) is 0 Å². The molecule has 0 aliphatic heterocycles. The van der Waals surface area contributed by atoms with Crippen molar-refractivity contribution in [1.82, 2.24) is 14.8 Å². The molecule has 0 N–H and O–H groups in total. The van der Waals surface area contributed by atoms with Gasteiger partial charge in [-0.25, -0.2) is 0 Å². The first-order chi connectivity index (χ1) is 8.86. The third-order valence-corrected chi connectivity index (χ3v) is 3.01. The fourth-order valence-electron chi connectivity index (χ4n) is 1.72. The van der Waals surface area contributed by atoms with E-state index in [9.17, 15) is 0 Å². The fourth-order valence-corrected chi connectivity index (χ4v) is 2.08. The van der Waals surface area contributed by atoms with Crippen LogP contribution in [0.3, 0.4) is 0 Å². The summed E-state index contributed by atoms with van der Waals surface area (Å²) in [6.45, 7) is 3.32. The second kappa shape index (κ2) is 6.66. The smallest absolute Gasteiger partial charge is 0.163 e. The second-order valence-corrected chi connectivity index (χ2v) is 4.45. The summed E-state index contributed by atoms with van der Waals surface area (Å²) in [6, 6.07) is 10.1. The summed E-state index contributed by atoms with van der Waals surface area (Å²) in [5, 5.41) is 9.04. The average molecular weight is 310 g/mol. The molecule has 0 spiro atoms. The van der Waals surface area contributed by atoms with E-state index >= 15 is 0 Å². The number of hydrogen-bond donors (Lipinski definition) is 0. The molecular weight excluding hydrogens is 294 g/mol. The van der Waals surface area contributed by atoms with Gasteiger partial charge in [-0.2, -0.15) is 0 Å². The Morgan fingerprint density at radius 3 is 2.56 bits per heavy atom. The number of para-hydroxylation sites is 1. The minimum absolute atomic E-state index is 0.489. The van der Waals surface area contributed by atoms with Crippen molar-refractivity contribution < 1.29 is 4.74 Å². The van der Waals surface area contributed by atoms with E-state index in [4.69, 9.17) is 4.74 Å². The van der Waals surface area contributed by atoms with Crippen LogP contribution in [0.1, 0.15) is 25.0 Å². The van der Waals surface area contributed by atoms with Crippen molar-refractivity contribution in [2.45, 2.75) is 25.3 Å². The maximum Gasteiger partial charge on any atom is 0.163 e. The molecule has 0 saturated carbocycles. The van der Waals surface area contributed by atoms with E-state index in [2.05, 4.69) is 33.1 Å². The van der Waals surface area contributed by atoms with Gasteiger partial charge in [0.15, 0.2) is 5.82 Å². The van der Waals surface area contributed by atoms with Gasteiger partial charge in [-0.15, -0.1) is 10.2 Å². The molecule has 0 atom stereocenters. The fraction of sp³-hybridized carbons (Fsp3) is 0.385. The molecule has 96 valence electrons. The highest BCUT2D eigenvalue weighted by Crippen LogP contribution is 2.15. The van der Waals surface area contributed by atoms with E-state index in [1.807, 2.05) is 34.9 Å². The molecule has 4 nitrogen and oxygen atoms in total. The van der Waals surface area contributed by atoms with Crippen LogP contribution >= 0.6 is 15.9 Å². The number of alkyl halides is 1.